The molecule has 2 nitrogen and oxygen atoms in total. The summed E-state index contributed by atoms with van der Waals surface area (Å²) in [5.41, 5.74) is 4.89. The summed E-state index contributed by atoms with van der Waals surface area (Å²) >= 11 is 1.82. The minimum absolute atomic E-state index is 0.339. The van der Waals surface area contributed by atoms with E-state index >= 15 is 0 Å². The molecule has 0 amide bonds. The zero-order valence-corrected chi connectivity index (χ0v) is 13.5. The van der Waals surface area contributed by atoms with Crippen LogP contribution in [0.2, 0.25) is 0 Å². The summed E-state index contributed by atoms with van der Waals surface area (Å²) in [7, 11) is 0. The van der Waals surface area contributed by atoms with E-state index in [-0.39, 0.29) is 0 Å². The van der Waals surface area contributed by atoms with Gasteiger partial charge in [-0.1, -0.05) is 20.8 Å². The van der Waals surface area contributed by atoms with E-state index in [1.54, 1.807) is 0 Å². The summed E-state index contributed by atoms with van der Waals surface area (Å²) in [5.74, 6) is 7.38. The Morgan fingerprint density at radius 3 is 2.32 bits per heavy atom. The summed E-state index contributed by atoms with van der Waals surface area (Å²) in [4.78, 5) is 1.37. The van der Waals surface area contributed by atoms with Gasteiger partial charge in [0.1, 0.15) is 0 Å². The number of hydrazine groups is 1. The molecule has 1 aliphatic carbocycles. The van der Waals surface area contributed by atoms with Gasteiger partial charge in [0.2, 0.25) is 0 Å². The smallest absolute Gasteiger partial charge is 0.0496 e. The van der Waals surface area contributed by atoms with Crippen molar-refractivity contribution in [1.82, 2.24) is 5.43 Å². The Kier molecular flexibility index (Phi) is 4.70. The summed E-state index contributed by atoms with van der Waals surface area (Å²) in [6.45, 7) is 9.29. The van der Waals surface area contributed by atoms with Crippen LogP contribution in [0.1, 0.15) is 62.9 Å². The van der Waals surface area contributed by atoms with E-state index in [4.69, 9.17) is 5.84 Å². The minimum Gasteiger partial charge on any atom is -0.271 e. The summed E-state index contributed by atoms with van der Waals surface area (Å²) < 4.78 is 0. The first-order valence-electron chi connectivity index (χ1n) is 7.43. The van der Waals surface area contributed by atoms with Crippen LogP contribution in [0.4, 0.5) is 0 Å². The monoisotopic (exact) mass is 280 g/mol. The van der Waals surface area contributed by atoms with E-state index in [0.29, 0.717) is 17.4 Å². The second-order valence-electron chi connectivity index (χ2n) is 7.11. The van der Waals surface area contributed by atoms with Gasteiger partial charge in [-0.15, -0.1) is 11.3 Å². The molecule has 1 aromatic rings. The van der Waals surface area contributed by atoms with Crippen molar-refractivity contribution in [2.24, 2.45) is 23.1 Å². The van der Waals surface area contributed by atoms with E-state index in [1.165, 1.54) is 36.1 Å². The van der Waals surface area contributed by atoms with Crippen LogP contribution < -0.4 is 11.3 Å². The normalized spacial score (nSPS) is 26.4. The molecule has 1 saturated carbocycles. The minimum atomic E-state index is 0.339. The van der Waals surface area contributed by atoms with Crippen LogP contribution in [0.15, 0.2) is 11.4 Å². The Bertz CT molecular complexity index is 397. The van der Waals surface area contributed by atoms with Gasteiger partial charge in [-0.2, -0.15) is 0 Å². The quantitative estimate of drug-likeness (QED) is 0.635. The maximum atomic E-state index is 5.82. The molecule has 108 valence electrons. The van der Waals surface area contributed by atoms with Crippen molar-refractivity contribution in [3.8, 4) is 0 Å². The van der Waals surface area contributed by atoms with Crippen molar-refractivity contribution in [1.29, 1.82) is 0 Å². The van der Waals surface area contributed by atoms with Gasteiger partial charge in [0.05, 0.1) is 0 Å². The Labute approximate surface area is 121 Å². The molecule has 0 saturated heterocycles. The SMILES string of the molecule is Cc1cc(C(NN)C2CCC(C(C)(C)C)CC2)cs1. The van der Waals surface area contributed by atoms with Crippen LogP contribution in [0, 0.1) is 24.2 Å². The van der Waals surface area contributed by atoms with Gasteiger partial charge in [0, 0.05) is 10.9 Å². The molecule has 1 aliphatic rings. The number of rotatable bonds is 3. The molecule has 1 atom stereocenters. The van der Waals surface area contributed by atoms with E-state index in [1.807, 2.05) is 11.3 Å². The molecule has 3 heteroatoms. The second kappa shape index (κ2) is 5.94. The lowest BCUT2D eigenvalue weighted by Crippen LogP contribution is -2.36. The molecule has 2 rings (SSSR count). The van der Waals surface area contributed by atoms with Crippen molar-refractivity contribution in [2.75, 3.05) is 0 Å². The first-order valence-corrected chi connectivity index (χ1v) is 8.31. The number of aryl methyl sites for hydroxylation is 1. The molecule has 1 aromatic heterocycles. The van der Waals surface area contributed by atoms with E-state index in [9.17, 15) is 0 Å². The maximum Gasteiger partial charge on any atom is 0.0496 e. The predicted molar refractivity (Wildman–Crippen MR) is 84.0 cm³/mol. The molecule has 0 radical (unpaired) electrons. The van der Waals surface area contributed by atoms with Crippen molar-refractivity contribution < 1.29 is 0 Å². The van der Waals surface area contributed by atoms with Gasteiger partial charge in [0.15, 0.2) is 0 Å². The fourth-order valence-electron chi connectivity index (χ4n) is 3.45. The molecule has 19 heavy (non-hydrogen) atoms. The van der Waals surface area contributed by atoms with E-state index in [2.05, 4.69) is 44.6 Å². The molecule has 3 N–H and O–H groups in total. The molecule has 0 aliphatic heterocycles. The fourth-order valence-corrected chi connectivity index (χ4v) is 4.19. The lowest BCUT2D eigenvalue weighted by Gasteiger charge is -2.39. The first kappa shape index (κ1) is 15.0. The summed E-state index contributed by atoms with van der Waals surface area (Å²) in [5, 5.41) is 2.26. The van der Waals surface area contributed by atoms with Crippen LogP contribution in [0.25, 0.3) is 0 Å². The molecular weight excluding hydrogens is 252 g/mol. The van der Waals surface area contributed by atoms with Crippen molar-refractivity contribution in [2.45, 2.75) is 59.4 Å². The van der Waals surface area contributed by atoms with E-state index in [0.717, 1.165) is 5.92 Å². The lowest BCUT2D eigenvalue weighted by atomic mass is 9.68. The zero-order chi connectivity index (χ0) is 14.0. The Morgan fingerprint density at radius 2 is 1.89 bits per heavy atom. The fraction of sp³-hybridized carbons (Fsp3) is 0.750. The predicted octanol–water partition coefficient (Wildman–Crippen LogP) is 4.41. The highest BCUT2D eigenvalue weighted by Gasteiger charge is 2.33. The molecule has 1 heterocycles. The number of nitrogens with two attached hydrogens (primary N) is 1. The Balaban J connectivity index is 1.99. The molecule has 0 aromatic carbocycles. The highest BCUT2D eigenvalue weighted by atomic mass is 32.1. The Morgan fingerprint density at radius 1 is 1.26 bits per heavy atom. The van der Waals surface area contributed by atoms with Gasteiger partial charge in [-0.05, 0) is 66.9 Å². The van der Waals surface area contributed by atoms with Gasteiger partial charge in [-0.25, -0.2) is 0 Å². The number of thiophene rings is 1. The standard InChI is InChI=1S/C16H28N2S/c1-11-9-13(10-19-11)15(18-17)12-5-7-14(8-6-12)16(2,3)4/h9-10,12,14-15,18H,5-8,17H2,1-4H3. The molecular formula is C16H28N2S. The molecule has 0 bridgehead atoms. The van der Waals surface area contributed by atoms with Crippen LogP contribution in [0.3, 0.4) is 0 Å². The third kappa shape index (κ3) is 3.59. The third-order valence-corrected chi connectivity index (χ3v) is 5.64. The zero-order valence-electron chi connectivity index (χ0n) is 12.7. The average molecular weight is 280 g/mol. The van der Waals surface area contributed by atoms with Gasteiger partial charge in [0.25, 0.3) is 0 Å². The molecule has 0 spiro atoms. The highest BCUT2D eigenvalue weighted by molar-refractivity contribution is 7.10. The number of hydrogen-bond donors (Lipinski definition) is 2. The average Bonchev–Trinajstić information content (AvgIpc) is 2.76. The van der Waals surface area contributed by atoms with Crippen molar-refractivity contribution in [3.05, 3.63) is 21.9 Å². The van der Waals surface area contributed by atoms with Crippen molar-refractivity contribution >= 4 is 11.3 Å². The number of nitrogens with one attached hydrogen (secondary N) is 1. The lowest BCUT2D eigenvalue weighted by molar-refractivity contribution is 0.133. The van der Waals surface area contributed by atoms with Crippen LogP contribution in [-0.2, 0) is 0 Å². The second-order valence-corrected chi connectivity index (χ2v) is 8.23. The van der Waals surface area contributed by atoms with Gasteiger partial charge < -0.3 is 0 Å². The summed E-state index contributed by atoms with van der Waals surface area (Å²) in [6.07, 6.45) is 5.28. The first-order chi connectivity index (χ1) is 8.91. The van der Waals surface area contributed by atoms with Gasteiger partial charge in [-0.3, -0.25) is 11.3 Å². The Hall–Kier alpha value is -0.380. The third-order valence-electron chi connectivity index (χ3n) is 4.76. The number of hydrogen-bond acceptors (Lipinski definition) is 3. The van der Waals surface area contributed by atoms with Crippen LogP contribution in [0.5, 0.6) is 0 Å². The molecule has 1 fully saturated rings. The maximum absolute atomic E-state index is 5.82. The largest absolute Gasteiger partial charge is 0.271 e. The topological polar surface area (TPSA) is 38.0 Å². The van der Waals surface area contributed by atoms with Crippen molar-refractivity contribution in [3.63, 3.8) is 0 Å². The van der Waals surface area contributed by atoms with Crippen LogP contribution >= 0.6 is 11.3 Å². The van der Waals surface area contributed by atoms with E-state index < -0.39 is 0 Å². The summed E-state index contributed by atoms with van der Waals surface area (Å²) in [6, 6.07) is 2.62. The van der Waals surface area contributed by atoms with Crippen LogP contribution in [-0.4, -0.2) is 0 Å². The van der Waals surface area contributed by atoms with Gasteiger partial charge >= 0.3 is 0 Å². The highest BCUT2D eigenvalue weighted by Crippen LogP contribution is 2.43. The molecule has 1 unspecified atom stereocenters.